The second kappa shape index (κ2) is 9.79. The Labute approximate surface area is 178 Å². The van der Waals surface area contributed by atoms with E-state index in [9.17, 15) is 9.59 Å². The van der Waals surface area contributed by atoms with E-state index >= 15 is 0 Å². The molecule has 4 rings (SSSR count). The molecule has 2 fully saturated rings. The summed E-state index contributed by atoms with van der Waals surface area (Å²) in [6.45, 7) is 2.20. The van der Waals surface area contributed by atoms with Crippen LogP contribution in [0.5, 0.6) is 0 Å². The second-order valence-electron chi connectivity index (χ2n) is 8.47. The number of nitrogens with one attached hydrogen (secondary N) is 2. The predicted octanol–water partition coefficient (Wildman–Crippen LogP) is 4.15. The Morgan fingerprint density at radius 2 is 1.27 bits per heavy atom. The lowest BCUT2D eigenvalue weighted by Gasteiger charge is -2.30. The average Bonchev–Trinajstić information content (AvgIpc) is 2.80. The van der Waals surface area contributed by atoms with E-state index in [1.165, 1.54) is 24.9 Å². The zero-order chi connectivity index (χ0) is 20.8. The summed E-state index contributed by atoms with van der Waals surface area (Å²) in [6, 6.07) is 17.5. The molecule has 0 bridgehead atoms. The van der Waals surface area contributed by atoms with Gasteiger partial charge in [0, 0.05) is 42.0 Å². The lowest BCUT2D eigenvalue weighted by Crippen LogP contribution is -2.45. The molecule has 1 saturated heterocycles. The molecule has 2 aliphatic rings. The van der Waals surface area contributed by atoms with Crippen molar-refractivity contribution < 1.29 is 9.59 Å². The number of amides is 2. The average molecular weight is 406 g/mol. The van der Waals surface area contributed by atoms with E-state index in [4.69, 9.17) is 0 Å². The van der Waals surface area contributed by atoms with Crippen molar-refractivity contribution in [2.45, 2.75) is 57.0 Å². The zero-order valence-electron chi connectivity index (χ0n) is 17.5. The highest BCUT2D eigenvalue weighted by Gasteiger charge is 2.25. The smallest absolute Gasteiger partial charge is 0.251 e. The number of benzene rings is 2. The Morgan fingerprint density at radius 1 is 0.700 bits per heavy atom. The van der Waals surface area contributed by atoms with Crippen molar-refractivity contribution in [3.8, 4) is 0 Å². The van der Waals surface area contributed by atoms with Crippen LogP contribution in [0.4, 0.5) is 5.69 Å². The van der Waals surface area contributed by atoms with Crippen LogP contribution in [0.1, 0.15) is 65.7 Å². The first-order valence-electron chi connectivity index (χ1n) is 11.2. The maximum Gasteiger partial charge on any atom is 0.251 e. The number of anilines is 1. The molecule has 1 saturated carbocycles. The van der Waals surface area contributed by atoms with E-state index in [1.54, 1.807) is 0 Å². The largest absolute Gasteiger partial charge is 0.372 e. The molecule has 158 valence electrons. The predicted molar refractivity (Wildman–Crippen MR) is 120 cm³/mol. The zero-order valence-corrected chi connectivity index (χ0v) is 17.5. The Kier molecular flexibility index (Phi) is 6.67. The van der Waals surface area contributed by atoms with Crippen molar-refractivity contribution in [3.63, 3.8) is 0 Å². The van der Waals surface area contributed by atoms with Crippen molar-refractivity contribution >= 4 is 17.5 Å². The van der Waals surface area contributed by atoms with Gasteiger partial charge in [-0.05, 0) is 81.3 Å². The van der Waals surface area contributed by atoms with Gasteiger partial charge in [-0.25, -0.2) is 0 Å². The Morgan fingerprint density at radius 3 is 1.87 bits per heavy atom. The van der Waals surface area contributed by atoms with Gasteiger partial charge in [-0.15, -0.1) is 0 Å². The first-order valence-corrected chi connectivity index (χ1v) is 11.2. The van der Waals surface area contributed by atoms with E-state index in [0.717, 1.165) is 38.8 Å². The number of piperidine rings is 1. The molecule has 1 heterocycles. The van der Waals surface area contributed by atoms with Crippen LogP contribution in [-0.2, 0) is 0 Å². The minimum absolute atomic E-state index is 0.0276. The molecular formula is C25H31N3O2. The van der Waals surface area contributed by atoms with Gasteiger partial charge < -0.3 is 15.5 Å². The highest BCUT2D eigenvalue weighted by atomic mass is 16.2. The fourth-order valence-corrected chi connectivity index (χ4v) is 4.55. The van der Waals surface area contributed by atoms with Crippen LogP contribution < -0.4 is 15.5 Å². The molecule has 0 aromatic heterocycles. The van der Waals surface area contributed by atoms with Gasteiger partial charge in [-0.1, -0.05) is 18.2 Å². The highest BCUT2D eigenvalue weighted by molar-refractivity contribution is 5.95. The first kappa shape index (κ1) is 20.5. The lowest BCUT2D eigenvalue weighted by atomic mass is 9.90. The summed E-state index contributed by atoms with van der Waals surface area (Å²) in [4.78, 5) is 27.6. The molecule has 0 spiro atoms. The number of hydrogen-bond acceptors (Lipinski definition) is 3. The van der Waals surface area contributed by atoms with Crippen molar-refractivity contribution in [2.75, 3.05) is 18.0 Å². The maximum atomic E-state index is 12.7. The summed E-state index contributed by atoms with van der Waals surface area (Å²) in [6.07, 6.45) is 7.47. The number of nitrogens with zero attached hydrogens (tertiary/aromatic N) is 1. The van der Waals surface area contributed by atoms with Gasteiger partial charge in [-0.2, -0.15) is 0 Å². The van der Waals surface area contributed by atoms with E-state index in [1.807, 2.05) is 42.5 Å². The van der Waals surface area contributed by atoms with Crippen LogP contribution in [-0.4, -0.2) is 37.0 Å². The Hall–Kier alpha value is -2.82. The summed E-state index contributed by atoms with van der Waals surface area (Å²) in [5, 5.41) is 6.30. The summed E-state index contributed by atoms with van der Waals surface area (Å²) in [5.41, 5.74) is 2.58. The van der Waals surface area contributed by atoms with Crippen LogP contribution >= 0.6 is 0 Å². The van der Waals surface area contributed by atoms with Crippen LogP contribution in [0.25, 0.3) is 0 Å². The molecule has 1 aliphatic carbocycles. The van der Waals surface area contributed by atoms with Crippen LogP contribution in [0, 0.1) is 0 Å². The molecule has 2 amide bonds. The molecule has 2 aromatic carbocycles. The number of carbonyl (C=O) groups excluding carboxylic acids is 2. The molecule has 0 radical (unpaired) electrons. The fraction of sp³-hybridized carbons (Fsp3) is 0.440. The molecule has 2 N–H and O–H groups in total. The van der Waals surface area contributed by atoms with E-state index in [2.05, 4.69) is 27.7 Å². The topological polar surface area (TPSA) is 61.4 Å². The summed E-state index contributed by atoms with van der Waals surface area (Å²) in [7, 11) is 0. The minimum atomic E-state index is -0.0409. The van der Waals surface area contributed by atoms with E-state index < -0.39 is 0 Å². The van der Waals surface area contributed by atoms with Crippen LogP contribution in [0.3, 0.4) is 0 Å². The Bertz CT molecular complexity index is 844. The molecule has 2 atom stereocenters. The lowest BCUT2D eigenvalue weighted by molar-refractivity contribution is 0.0903. The monoisotopic (exact) mass is 405 g/mol. The molecule has 5 heteroatoms. The van der Waals surface area contributed by atoms with Crippen molar-refractivity contribution in [2.24, 2.45) is 0 Å². The van der Waals surface area contributed by atoms with Crippen molar-refractivity contribution in [3.05, 3.63) is 65.7 Å². The summed E-state index contributed by atoms with van der Waals surface area (Å²) < 4.78 is 0. The molecule has 30 heavy (non-hydrogen) atoms. The molecule has 0 unspecified atom stereocenters. The van der Waals surface area contributed by atoms with Gasteiger partial charge >= 0.3 is 0 Å². The number of hydrogen-bond donors (Lipinski definition) is 2. The van der Waals surface area contributed by atoms with Crippen molar-refractivity contribution in [1.29, 1.82) is 0 Å². The SMILES string of the molecule is O=C(N[C@@H]1CCC[C@@H](NC(=O)c2ccc(N3CCCCC3)cc2)C1)c1ccccc1. The van der Waals surface area contributed by atoms with Gasteiger partial charge in [0.1, 0.15) is 0 Å². The third-order valence-corrected chi connectivity index (χ3v) is 6.23. The number of rotatable bonds is 5. The van der Waals surface area contributed by atoms with E-state index in [-0.39, 0.29) is 23.9 Å². The summed E-state index contributed by atoms with van der Waals surface area (Å²) in [5.74, 6) is -0.0684. The number of carbonyl (C=O) groups is 2. The standard InChI is InChI=1S/C25H31N3O2/c29-24(19-8-3-1-4-9-19)26-21-10-7-11-22(18-21)27-25(30)20-12-14-23(15-13-20)28-16-5-2-6-17-28/h1,3-4,8-9,12-15,21-22H,2,5-7,10-11,16-18H2,(H,26,29)(H,27,30)/t21-,22-/m1/s1. The van der Waals surface area contributed by atoms with Crippen molar-refractivity contribution in [1.82, 2.24) is 10.6 Å². The van der Waals surface area contributed by atoms with Crippen LogP contribution in [0.2, 0.25) is 0 Å². The molecular weight excluding hydrogens is 374 g/mol. The third-order valence-electron chi connectivity index (χ3n) is 6.23. The van der Waals surface area contributed by atoms with Gasteiger partial charge in [-0.3, -0.25) is 9.59 Å². The second-order valence-corrected chi connectivity index (χ2v) is 8.47. The first-order chi connectivity index (χ1) is 14.7. The summed E-state index contributed by atoms with van der Waals surface area (Å²) >= 11 is 0. The minimum Gasteiger partial charge on any atom is -0.372 e. The molecule has 2 aromatic rings. The van der Waals surface area contributed by atoms with Gasteiger partial charge in [0.15, 0.2) is 0 Å². The van der Waals surface area contributed by atoms with Crippen LogP contribution in [0.15, 0.2) is 54.6 Å². The van der Waals surface area contributed by atoms with Gasteiger partial charge in [0.2, 0.25) is 0 Å². The molecule has 1 aliphatic heterocycles. The third kappa shape index (κ3) is 5.21. The quantitative estimate of drug-likeness (QED) is 0.786. The maximum absolute atomic E-state index is 12.7. The molecule has 5 nitrogen and oxygen atoms in total. The van der Waals surface area contributed by atoms with Gasteiger partial charge in [0.05, 0.1) is 0 Å². The fourth-order valence-electron chi connectivity index (χ4n) is 4.55. The Balaban J connectivity index is 1.30. The normalized spacial score (nSPS) is 21.7. The van der Waals surface area contributed by atoms with E-state index in [0.29, 0.717) is 11.1 Å². The highest BCUT2D eigenvalue weighted by Crippen LogP contribution is 2.22. The van der Waals surface area contributed by atoms with Gasteiger partial charge in [0.25, 0.3) is 11.8 Å².